The van der Waals surface area contributed by atoms with Gasteiger partial charge in [0.15, 0.2) is 0 Å². The number of rotatable bonds is 6. The maximum Gasteiger partial charge on any atom is 0.254 e. The van der Waals surface area contributed by atoms with Gasteiger partial charge in [0.05, 0.1) is 0 Å². The average molecular weight is 308 g/mol. The van der Waals surface area contributed by atoms with Gasteiger partial charge in [0.2, 0.25) is 0 Å². The highest BCUT2D eigenvalue weighted by molar-refractivity contribution is 6.17. The average Bonchev–Trinajstić information content (AvgIpc) is 3.01. The fraction of sp³-hybridized carbons (Fsp3) is 0.611. The SMILES string of the molecule is CC(C)CCN(C(=O)c1cccc(CCl)c1)C1CCCC1. The molecule has 1 aliphatic carbocycles. The molecule has 1 aliphatic rings. The third-order valence-corrected chi connectivity index (χ3v) is 4.61. The zero-order valence-electron chi connectivity index (χ0n) is 13.1. The highest BCUT2D eigenvalue weighted by atomic mass is 35.5. The number of hydrogen-bond acceptors (Lipinski definition) is 1. The van der Waals surface area contributed by atoms with Gasteiger partial charge < -0.3 is 4.90 Å². The van der Waals surface area contributed by atoms with Crippen LogP contribution in [0.1, 0.15) is 61.9 Å². The molecule has 0 saturated heterocycles. The second-order valence-electron chi connectivity index (χ2n) is 6.45. The molecule has 1 aromatic carbocycles. The van der Waals surface area contributed by atoms with Gasteiger partial charge in [-0.3, -0.25) is 4.79 Å². The molecule has 1 fully saturated rings. The summed E-state index contributed by atoms with van der Waals surface area (Å²) in [5, 5.41) is 0. The van der Waals surface area contributed by atoms with Crippen LogP contribution in [0, 0.1) is 5.92 Å². The molecule has 0 bridgehead atoms. The lowest BCUT2D eigenvalue weighted by Gasteiger charge is -2.30. The molecule has 1 amide bonds. The van der Waals surface area contributed by atoms with E-state index in [2.05, 4.69) is 18.7 Å². The number of benzene rings is 1. The first kappa shape index (κ1) is 16.4. The molecular weight excluding hydrogens is 282 g/mol. The molecule has 0 heterocycles. The summed E-state index contributed by atoms with van der Waals surface area (Å²) in [4.78, 5) is 15.0. The van der Waals surface area contributed by atoms with E-state index in [-0.39, 0.29) is 5.91 Å². The summed E-state index contributed by atoms with van der Waals surface area (Å²) in [5.41, 5.74) is 1.79. The molecular formula is C18H26ClNO. The van der Waals surface area contributed by atoms with Crippen LogP contribution in [0.4, 0.5) is 0 Å². The van der Waals surface area contributed by atoms with Crippen molar-refractivity contribution in [2.75, 3.05) is 6.54 Å². The van der Waals surface area contributed by atoms with E-state index < -0.39 is 0 Å². The van der Waals surface area contributed by atoms with Crippen LogP contribution < -0.4 is 0 Å². The van der Waals surface area contributed by atoms with Crippen LogP contribution in [0.2, 0.25) is 0 Å². The van der Waals surface area contributed by atoms with E-state index in [0.717, 1.165) is 36.9 Å². The first-order chi connectivity index (χ1) is 10.1. The third kappa shape index (κ3) is 4.47. The zero-order valence-corrected chi connectivity index (χ0v) is 13.9. The number of amides is 1. The monoisotopic (exact) mass is 307 g/mol. The summed E-state index contributed by atoms with van der Waals surface area (Å²) < 4.78 is 0. The van der Waals surface area contributed by atoms with Gasteiger partial charge >= 0.3 is 0 Å². The molecule has 0 aromatic heterocycles. The van der Waals surface area contributed by atoms with Crippen molar-refractivity contribution in [1.82, 2.24) is 4.90 Å². The Hall–Kier alpha value is -1.02. The van der Waals surface area contributed by atoms with Crippen LogP contribution in [0.3, 0.4) is 0 Å². The maximum atomic E-state index is 12.9. The Labute approximate surface area is 133 Å². The maximum absolute atomic E-state index is 12.9. The Kier molecular flexibility index (Phi) is 6.10. The predicted octanol–water partition coefficient (Wildman–Crippen LogP) is 4.86. The van der Waals surface area contributed by atoms with Crippen LogP contribution in [-0.4, -0.2) is 23.4 Å². The van der Waals surface area contributed by atoms with Crippen molar-refractivity contribution in [1.29, 1.82) is 0 Å². The van der Waals surface area contributed by atoms with Crippen LogP contribution in [0.15, 0.2) is 24.3 Å². The zero-order chi connectivity index (χ0) is 15.2. The van der Waals surface area contributed by atoms with Gasteiger partial charge in [-0.2, -0.15) is 0 Å². The number of carbonyl (C=O) groups excluding carboxylic acids is 1. The van der Waals surface area contributed by atoms with Crippen molar-refractivity contribution in [3.05, 3.63) is 35.4 Å². The van der Waals surface area contributed by atoms with Crippen LogP contribution >= 0.6 is 11.6 Å². The van der Waals surface area contributed by atoms with E-state index >= 15 is 0 Å². The molecule has 0 atom stereocenters. The normalized spacial score (nSPS) is 15.6. The Morgan fingerprint density at radius 2 is 2.05 bits per heavy atom. The third-order valence-electron chi connectivity index (χ3n) is 4.30. The Morgan fingerprint density at radius 1 is 1.33 bits per heavy atom. The van der Waals surface area contributed by atoms with E-state index in [9.17, 15) is 4.79 Å². The summed E-state index contributed by atoms with van der Waals surface area (Å²) in [6, 6.07) is 8.18. The van der Waals surface area contributed by atoms with E-state index in [1.807, 2.05) is 24.3 Å². The van der Waals surface area contributed by atoms with Gasteiger partial charge in [0.25, 0.3) is 5.91 Å². The molecule has 116 valence electrons. The molecule has 0 N–H and O–H groups in total. The first-order valence-electron chi connectivity index (χ1n) is 8.07. The van der Waals surface area contributed by atoms with Crippen LogP contribution in [0.5, 0.6) is 0 Å². The molecule has 3 heteroatoms. The van der Waals surface area contributed by atoms with Crippen LogP contribution in [-0.2, 0) is 5.88 Å². The van der Waals surface area contributed by atoms with Crippen molar-refractivity contribution in [2.24, 2.45) is 5.92 Å². The minimum atomic E-state index is 0.175. The van der Waals surface area contributed by atoms with Gasteiger partial charge in [-0.25, -0.2) is 0 Å². The summed E-state index contributed by atoms with van der Waals surface area (Å²) >= 11 is 5.89. The van der Waals surface area contributed by atoms with Crippen molar-refractivity contribution in [2.45, 2.75) is 57.9 Å². The summed E-state index contributed by atoms with van der Waals surface area (Å²) in [6.45, 7) is 5.29. The standard InChI is InChI=1S/C18H26ClNO/c1-14(2)10-11-20(17-8-3-4-9-17)18(21)16-7-5-6-15(12-16)13-19/h5-7,12,14,17H,3-4,8-11,13H2,1-2H3. The van der Waals surface area contributed by atoms with Crippen molar-refractivity contribution in [3.63, 3.8) is 0 Å². The highest BCUT2D eigenvalue weighted by Crippen LogP contribution is 2.26. The highest BCUT2D eigenvalue weighted by Gasteiger charge is 2.27. The number of hydrogen-bond donors (Lipinski definition) is 0. The van der Waals surface area contributed by atoms with E-state index in [1.54, 1.807) is 0 Å². The smallest absolute Gasteiger partial charge is 0.254 e. The molecule has 0 radical (unpaired) electrons. The predicted molar refractivity (Wildman–Crippen MR) is 88.7 cm³/mol. The molecule has 0 unspecified atom stereocenters. The minimum absolute atomic E-state index is 0.175. The molecule has 2 nitrogen and oxygen atoms in total. The summed E-state index contributed by atoms with van der Waals surface area (Å²) in [6.07, 6.45) is 5.87. The second kappa shape index (κ2) is 7.84. The van der Waals surface area contributed by atoms with Gasteiger partial charge in [-0.1, -0.05) is 38.8 Å². The van der Waals surface area contributed by atoms with Crippen molar-refractivity contribution < 1.29 is 4.79 Å². The Bertz CT molecular complexity index is 466. The van der Waals surface area contributed by atoms with Crippen molar-refractivity contribution >= 4 is 17.5 Å². The van der Waals surface area contributed by atoms with Crippen molar-refractivity contribution in [3.8, 4) is 0 Å². The molecule has 0 spiro atoms. The van der Waals surface area contributed by atoms with E-state index in [4.69, 9.17) is 11.6 Å². The van der Waals surface area contributed by atoms with Gasteiger partial charge in [-0.15, -0.1) is 11.6 Å². The largest absolute Gasteiger partial charge is 0.336 e. The van der Waals surface area contributed by atoms with Gasteiger partial charge in [0, 0.05) is 24.0 Å². The number of halogens is 1. The molecule has 21 heavy (non-hydrogen) atoms. The summed E-state index contributed by atoms with van der Waals surface area (Å²) in [7, 11) is 0. The van der Waals surface area contributed by atoms with E-state index in [0.29, 0.717) is 17.8 Å². The topological polar surface area (TPSA) is 20.3 Å². The Morgan fingerprint density at radius 3 is 2.67 bits per heavy atom. The van der Waals surface area contributed by atoms with Gasteiger partial charge in [-0.05, 0) is 42.9 Å². The number of carbonyl (C=O) groups is 1. The second-order valence-corrected chi connectivity index (χ2v) is 6.72. The minimum Gasteiger partial charge on any atom is -0.336 e. The number of nitrogens with zero attached hydrogens (tertiary/aromatic N) is 1. The van der Waals surface area contributed by atoms with Crippen LogP contribution in [0.25, 0.3) is 0 Å². The molecule has 0 aliphatic heterocycles. The molecule has 2 rings (SSSR count). The van der Waals surface area contributed by atoms with Gasteiger partial charge in [0.1, 0.15) is 0 Å². The lowest BCUT2D eigenvalue weighted by molar-refractivity contribution is 0.0672. The fourth-order valence-corrected chi connectivity index (χ4v) is 3.18. The summed E-state index contributed by atoms with van der Waals surface area (Å²) in [5.74, 6) is 1.25. The van der Waals surface area contributed by atoms with E-state index in [1.165, 1.54) is 12.8 Å². The lowest BCUT2D eigenvalue weighted by atomic mass is 10.1. The molecule has 1 saturated carbocycles. The quantitative estimate of drug-likeness (QED) is 0.688. The molecule has 1 aromatic rings. The fourth-order valence-electron chi connectivity index (χ4n) is 3.02. The number of alkyl halides is 1. The lowest BCUT2D eigenvalue weighted by Crippen LogP contribution is -2.40. The Balaban J connectivity index is 2.15. The first-order valence-corrected chi connectivity index (χ1v) is 8.61.